The van der Waals surface area contributed by atoms with E-state index in [2.05, 4.69) is 44.4 Å². The first-order valence-electron chi connectivity index (χ1n) is 12.0. The predicted molar refractivity (Wildman–Crippen MR) is 123 cm³/mol. The van der Waals surface area contributed by atoms with E-state index in [-0.39, 0.29) is 5.41 Å². The Balaban J connectivity index is 1.63. The summed E-state index contributed by atoms with van der Waals surface area (Å²) in [6.07, 6.45) is 10.4. The molecular weight excluding hydrogens is 370 g/mol. The lowest BCUT2D eigenvalue weighted by atomic mass is 9.79. The fourth-order valence-corrected chi connectivity index (χ4v) is 5.77. The van der Waals surface area contributed by atoms with E-state index in [9.17, 15) is 5.11 Å². The molecule has 1 aliphatic heterocycles. The molecule has 0 radical (unpaired) electrons. The minimum Gasteiger partial charge on any atom is -0.506 e. The zero-order valence-corrected chi connectivity index (χ0v) is 19.2. The summed E-state index contributed by atoms with van der Waals surface area (Å²) in [7, 11) is 0. The summed E-state index contributed by atoms with van der Waals surface area (Å²) >= 11 is 0. The Labute approximate surface area is 181 Å². The van der Waals surface area contributed by atoms with Crippen molar-refractivity contribution in [2.75, 3.05) is 6.61 Å². The largest absolute Gasteiger partial charge is 0.506 e. The molecule has 0 saturated heterocycles. The van der Waals surface area contributed by atoms with Crippen LogP contribution in [0.15, 0.2) is 18.2 Å². The highest BCUT2D eigenvalue weighted by atomic mass is 16.5. The van der Waals surface area contributed by atoms with Crippen molar-refractivity contribution in [3.63, 3.8) is 0 Å². The molecule has 0 unspecified atom stereocenters. The van der Waals surface area contributed by atoms with Crippen LogP contribution in [0.4, 0.5) is 0 Å². The van der Waals surface area contributed by atoms with Crippen molar-refractivity contribution < 1.29 is 9.84 Å². The van der Waals surface area contributed by atoms with Crippen LogP contribution in [0.5, 0.6) is 11.5 Å². The van der Waals surface area contributed by atoms with Gasteiger partial charge in [-0.05, 0) is 68.1 Å². The number of aromatic hydroxyl groups is 1. The van der Waals surface area contributed by atoms with Crippen LogP contribution in [-0.2, 0) is 17.4 Å². The van der Waals surface area contributed by atoms with Crippen LogP contribution in [0.3, 0.4) is 0 Å². The Morgan fingerprint density at radius 2 is 1.80 bits per heavy atom. The number of hydrogen-bond acceptors (Lipinski definition) is 2. The summed E-state index contributed by atoms with van der Waals surface area (Å²) in [5, 5.41) is 10.6. The maximum Gasteiger partial charge on any atom is 0.136 e. The van der Waals surface area contributed by atoms with Gasteiger partial charge in [0.2, 0.25) is 0 Å². The molecule has 1 aromatic heterocycles. The quantitative estimate of drug-likeness (QED) is 0.603. The first kappa shape index (κ1) is 20.0. The number of aromatic nitrogens is 1. The minimum absolute atomic E-state index is 0.0192. The third-order valence-electron chi connectivity index (χ3n) is 7.95. The zero-order valence-electron chi connectivity index (χ0n) is 19.2. The van der Waals surface area contributed by atoms with Gasteiger partial charge in [0.05, 0.1) is 18.0 Å². The lowest BCUT2D eigenvalue weighted by Crippen LogP contribution is -2.24. The summed E-state index contributed by atoms with van der Waals surface area (Å²) in [5.41, 5.74) is 6.50. The first-order chi connectivity index (χ1) is 14.3. The average Bonchev–Trinajstić information content (AvgIpc) is 3.43. The van der Waals surface area contributed by atoms with Crippen LogP contribution in [0, 0.1) is 12.8 Å². The van der Waals surface area contributed by atoms with Gasteiger partial charge in [-0.3, -0.25) is 0 Å². The second-order valence-corrected chi connectivity index (χ2v) is 11.1. The van der Waals surface area contributed by atoms with E-state index in [4.69, 9.17) is 4.74 Å². The van der Waals surface area contributed by atoms with Crippen LogP contribution in [0.1, 0.15) is 89.0 Å². The van der Waals surface area contributed by atoms with Gasteiger partial charge in [-0.1, -0.05) is 40.0 Å². The summed E-state index contributed by atoms with van der Waals surface area (Å²) < 4.78 is 8.66. The smallest absolute Gasteiger partial charge is 0.136 e. The fraction of sp³-hybridized carbons (Fsp3) is 0.630. The summed E-state index contributed by atoms with van der Waals surface area (Å²) in [5.74, 6) is 2.29. The van der Waals surface area contributed by atoms with Crippen molar-refractivity contribution in [1.29, 1.82) is 0 Å². The molecule has 30 heavy (non-hydrogen) atoms. The zero-order chi connectivity index (χ0) is 21.1. The molecule has 1 aromatic carbocycles. The highest BCUT2D eigenvalue weighted by Gasteiger charge is 2.49. The third kappa shape index (κ3) is 3.35. The molecule has 1 N–H and O–H groups in total. The Morgan fingerprint density at radius 1 is 1.07 bits per heavy atom. The van der Waals surface area contributed by atoms with Crippen molar-refractivity contribution in [2.45, 2.75) is 96.4 Å². The summed E-state index contributed by atoms with van der Waals surface area (Å²) in [6, 6.07) is 6.73. The van der Waals surface area contributed by atoms with Crippen LogP contribution < -0.4 is 4.74 Å². The molecule has 3 nitrogen and oxygen atoms in total. The molecule has 2 heterocycles. The van der Waals surface area contributed by atoms with Gasteiger partial charge in [-0.2, -0.15) is 0 Å². The summed E-state index contributed by atoms with van der Waals surface area (Å²) in [4.78, 5) is 0. The SMILES string of the molecule is Cc1c(O)cc(-c2cc(C(C)(C)C)c3c(c2)C2(CCO3)CC2)n1CC1CCCCC1. The average molecular weight is 408 g/mol. The number of fused-ring (bicyclic) bond motifs is 2. The number of rotatable bonds is 3. The first-order valence-corrected chi connectivity index (χ1v) is 12.0. The standard InChI is InChI=1S/C27H37NO2/c1-18-24(29)16-23(28(18)17-19-8-6-5-7-9-19)20-14-21(26(2,3)4)25-22(15-20)27(10-11-27)12-13-30-25/h14-16,19,29H,5-13,17H2,1-4H3. The Morgan fingerprint density at radius 3 is 2.47 bits per heavy atom. The predicted octanol–water partition coefficient (Wildman–Crippen LogP) is 6.86. The molecule has 3 heteroatoms. The van der Waals surface area contributed by atoms with E-state index in [1.807, 2.05) is 6.07 Å². The lowest BCUT2D eigenvalue weighted by Gasteiger charge is -2.33. The Kier molecular flexibility index (Phi) is 4.72. The highest BCUT2D eigenvalue weighted by Crippen LogP contribution is 2.58. The minimum atomic E-state index is 0.0192. The van der Waals surface area contributed by atoms with Gasteiger partial charge in [-0.15, -0.1) is 0 Å². The van der Waals surface area contributed by atoms with E-state index in [0.717, 1.165) is 36.9 Å². The van der Waals surface area contributed by atoms with Crippen LogP contribution in [0.25, 0.3) is 11.3 Å². The molecule has 2 saturated carbocycles. The second kappa shape index (κ2) is 7.07. The topological polar surface area (TPSA) is 34.4 Å². The van der Waals surface area contributed by atoms with Crippen LogP contribution in [0.2, 0.25) is 0 Å². The molecule has 1 spiro atoms. The van der Waals surface area contributed by atoms with Crippen molar-refractivity contribution >= 4 is 0 Å². The van der Waals surface area contributed by atoms with Crippen molar-refractivity contribution in [3.8, 4) is 22.8 Å². The van der Waals surface area contributed by atoms with Gasteiger partial charge in [0.25, 0.3) is 0 Å². The monoisotopic (exact) mass is 407 g/mol. The van der Waals surface area contributed by atoms with E-state index in [1.165, 1.54) is 67.3 Å². The third-order valence-corrected chi connectivity index (χ3v) is 7.95. The fourth-order valence-electron chi connectivity index (χ4n) is 5.77. The number of ether oxygens (including phenoxy) is 1. The number of benzene rings is 1. The molecule has 2 aromatic rings. The molecule has 5 rings (SSSR count). The maximum absolute atomic E-state index is 10.6. The van der Waals surface area contributed by atoms with Crippen molar-refractivity contribution in [2.24, 2.45) is 5.92 Å². The molecule has 0 amide bonds. The van der Waals surface area contributed by atoms with Crippen molar-refractivity contribution in [1.82, 2.24) is 4.57 Å². The van der Waals surface area contributed by atoms with E-state index >= 15 is 0 Å². The van der Waals surface area contributed by atoms with Gasteiger partial charge < -0.3 is 14.4 Å². The van der Waals surface area contributed by atoms with Crippen LogP contribution >= 0.6 is 0 Å². The number of nitrogens with zero attached hydrogens (tertiary/aromatic N) is 1. The lowest BCUT2D eigenvalue weighted by molar-refractivity contribution is 0.254. The second-order valence-electron chi connectivity index (χ2n) is 11.1. The van der Waals surface area contributed by atoms with Gasteiger partial charge >= 0.3 is 0 Å². The molecule has 0 bridgehead atoms. The molecule has 0 atom stereocenters. The van der Waals surface area contributed by atoms with Gasteiger partial charge in [0.15, 0.2) is 0 Å². The number of hydrogen-bond donors (Lipinski definition) is 1. The molecule has 162 valence electrons. The van der Waals surface area contributed by atoms with Gasteiger partial charge in [-0.25, -0.2) is 0 Å². The molecular formula is C27H37NO2. The summed E-state index contributed by atoms with van der Waals surface area (Å²) in [6.45, 7) is 10.8. The van der Waals surface area contributed by atoms with Gasteiger partial charge in [0, 0.05) is 29.2 Å². The van der Waals surface area contributed by atoms with Gasteiger partial charge in [0.1, 0.15) is 11.5 Å². The Bertz CT molecular complexity index is 935. The van der Waals surface area contributed by atoms with E-state index < -0.39 is 0 Å². The van der Waals surface area contributed by atoms with Crippen molar-refractivity contribution in [3.05, 3.63) is 35.0 Å². The molecule has 2 fully saturated rings. The normalized spacial score (nSPS) is 20.8. The Hall–Kier alpha value is -1.90. The van der Waals surface area contributed by atoms with Crippen LogP contribution in [-0.4, -0.2) is 16.3 Å². The highest BCUT2D eigenvalue weighted by molar-refractivity contribution is 5.70. The van der Waals surface area contributed by atoms with E-state index in [0.29, 0.717) is 11.2 Å². The maximum atomic E-state index is 10.6. The van der Waals surface area contributed by atoms with E-state index in [1.54, 1.807) is 0 Å². The molecule has 2 aliphatic carbocycles. The molecule has 3 aliphatic rings.